The zero-order chi connectivity index (χ0) is 11.8. The molecule has 2 heterocycles. The lowest BCUT2D eigenvalue weighted by atomic mass is 10.3. The zero-order valence-electron chi connectivity index (χ0n) is 7.63. The van der Waals surface area contributed by atoms with Crippen LogP contribution in [0.4, 0.5) is 13.2 Å². The molecule has 0 atom stereocenters. The minimum Gasteiger partial charge on any atom is -0.341 e. The molecule has 0 aromatic carbocycles. The van der Waals surface area contributed by atoms with Crippen molar-refractivity contribution in [3.8, 4) is 17.6 Å². The number of halogens is 3. The van der Waals surface area contributed by atoms with Gasteiger partial charge >= 0.3 is 6.18 Å². The van der Waals surface area contributed by atoms with Gasteiger partial charge in [-0.05, 0) is 0 Å². The molecule has 2 rings (SSSR count). The van der Waals surface area contributed by atoms with Gasteiger partial charge in [0.15, 0.2) is 11.5 Å². The lowest BCUT2D eigenvalue weighted by Crippen LogP contribution is -2.04. The highest BCUT2D eigenvalue weighted by Gasteiger charge is 2.33. The second-order valence-electron chi connectivity index (χ2n) is 2.88. The Labute approximate surface area is 87.0 Å². The minimum absolute atomic E-state index is 0.0110. The fourth-order valence-corrected chi connectivity index (χ4v) is 1.15. The number of aromatic nitrogens is 4. The molecule has 0 aliphatic heterocycles. The maximum atomic E-state index is 12.3. The predicted molar refractivity (Wildman–Crippen MR) is 45.9 cm³/mol. The number of nitrogens with zero attached hydrogens (tertiary/aromatic N) is 3. The summed E-state index contributed by atoms with van der Waals surface area (Å²) in [5.74, 6) is -0.0682. The van der Waals surface area contributed by atoms with Gasteiger partial charge in [-0.2, -0.15) is 18.4 Å². The molecule has 2 aromatic heterocycles. The lowest BCUT2D eigenvalue weighted by molar-refractivity contribution is -0.140. The van der Waals surface area contributed by atoms with E-state index in [0.29, 0.717) is 6.20 Å². The number of imidazole rings is 2. The molecule has 0 saturated carbocycles. The normalized spacial score (nSPS) is 11.4. The van der Waals surface area contributed by atoms with Gasteiger partial charge in [0.25, 0.3) is 0 Å². The van der Waals surface area contributed by atoms with Crippen LogP contribution in [0.25, 0.3) is 11.5 Å². The summed E-state index contributed by atoms with van der Waals surface area (Å²) in [6.45, 7) is 0. The number of rotatable bonds is 1. The fraction of sp³-hybridized carbons (Fsp3) is 0.125. The number of aromatic amines is 2. The molecule has 0 saturated heterocycles. The van der Waals surface area contributed by atoms with Crippen molar-refractivity contribution in [1.29, 1.82) is 5.26 Å². The molecule has 8 heteroatoms. The van der Waals surface area contributed by atoms with Crippen molar-refractivity contribution in [2.45, 2.75) is 6.18 Å². The van der Waals surface area contributed by atoms with Crippen LogP contribution in [0.5, 0.6) is 0 Å². The molecule has 0 fully saturated rings. The van der Waals surface area contributed by atoms with Crippen LogP contribution in [0.1, 0.15) is 11.4 Å². The quantitative estimate of drug-likeness (QED) is 0.777. The van der Waals surface area contributed by atoms with Crippen LogP contribution >= 0.6 is 0 Å². The summed E-state index contributed by atoms with van der Waals surface area (Å²) >= 11 is 0. The molecule has 5 nitrogen and oxygen atoms in total. The van der Waals surface area contributed by atoms with Crippen LogP contribution < -0.4 is 0 Å². The van der Waals surface area contributed by atoms with E-state index in [2.05, 4.69) is 19.9 Å². The van der Waals surface area contributed by atoms with Crippen molar-refractivity contribution in [3.63, 3.8) is 0 Å². The van der Waals surface area contributed by atoms with Gasteiger partial charge < -0.3 is 9.97 Å². The summed E-state index contributed by atoms with van der Waals surface area (Å²) in [7, 11) is 0. The van der Waals surface area contributed by atoms with Gasteiger partial charge in [0, 0.05) is 0 Å². The second kappa shape index (κ2) is 3.37. The topological polar surface area (TPSA) is 81.2 Å². The molecule has 0 unspecified atom stereocenters. The average Bonchev–Trinajstić information content (AvgIpc) is 2.84. The highest BCUT2D eigenvalue weighted by Crippen LogP contribution is 2.29. The molecular formula is C8H4F3N5. The Hall–Kier alpha value is -2.30. The minimum atomic E-state index is -4.49. The molecular weight excluding hydrogens is 223 g/mol. The van der Waals surface area contributed by atoms with Crippen molar-refractivity contribution in [1.82, 2.24) is 19.9 Å². The van der Waals surface area contributed by atoms with E-state index in [4.69, 9.17) is 5.26 Å². The van der Waals surface area contributed by atoms with E-state index in [9.17, 15) is 13.2 Å². The molecule has 2 aromatic rings. The van der Waals surface area contributed by atoms with Crippen LogP contribution in [0.3, 0.4) is 0 Å². The fourth-order valence-electron chi connectivity index (χ4n) is 1.15. The van der Waals surface area contributed by atoms with Gasteiger partial charge in [0.05, 0.1) is 12.5 Å². The summed E-state index contributed by atoms with van der Waals surface area (Å²) in [6.07, 6.45) is -2.61. The lowest BCUT2D eigenvalue weighted by Gasteiger charge is -2.00. The third-order valence-corrected chi connectivity index (χ3v) is 1.86. The highest BCUT2D eigenvalue weighted by atomic mass is 19.4. The van der Waals surface area contributed by atoms with Crippen LogP contribution in [-0.4, -0.2) is 19.9 Å². The Morgan fingerprint density at radius 2 is 2.06 bits per heavy atom. The van der Waals surface area contributed by atoms with Crippen molar-refractivity contribution < 1.29 is 13.2 Å². The Balaban J connectivity index is 2.44. The first-order valence-electron chi connectivity index (χ1n) is 4.08. The molecule has 0 amide bonds. The molecule has 0 aliphatic rings. The monoisotopic (exact) mass is 227 g/mol. The van der Waals surface area contributed by atoms with Gasteiger partial charge in [-0.25, -0.2) is 9.97 Å². The summed E-state index contributed by atoms with van der Waals surface area (Å²) in [6, 6.07) is 1.74. The smallest absolute Gasteiger partial charge is 0.341 e. The molecule has 0 aliphatic carbocycles. The van der Waals surface area contributed by atoms with Gasteiger partial charge in [0.2, 0.25) is 0 Å². The number of hydrogen-bond donors (Lipinski definition) is 2. The number of hydrogen-bond acceptors (Lipinski definition) is 3. The van der Waals surface area contributed by atoms with E-state index in [-0.39, 0.29) is 17.2 Å². The third-order valence-electron chi connectivity index (χ3n) is 1.86. The Morgan fingerprint density at radius 1 is 1.31 bits per heavy atom. The summed E-state index contributed by atoms with van der Waals surface area (Å²) in [4.78, 5) is 11.8. The van der Waals surface area contributed by atoms with Crippen molar-refractivity contribution >= 4 is 0 Å². The SMILES string of the molecule is N#Cc1nc[nH]c1-c1ncc(C(F)(F)F)[nH]1. The van der Waals surface area contributed by atoms with Gasteiger partial charge in [-0.1, -0.05) is 0 Å². The molecule has 0 spiro atoms. The number of alkyl halides is 3. The largest absolute Gasteiger partial charge is 0.432 e. The maximum absolute atomic E-state index is 12.3. The van der Waals surface area contributed by atoms with Gasteiger partial charge in [-0.3, -0.25) is 0 Å². The molecule has 82 valence electrons. The Morgan fingerprint density at radius 3 is 2.62 bits per heavy atom. The van der Waals surface area contributed by atoms with Crippen molar-refractivity contribution in [2.75, 3.05) is 0 Å². The van der Waals surface area contributed by atoms with Crippen LogP contribution in [0.15, 0.2) is 12.5 Å². The molecule has 0 radical (unpaired) electrons. The Kier molecular flexibility index (Phi) is 2.16. The highest BCUT2D eigenvalue weighted by molar-refractivity contribution is 5.57. The molecule has 16 heavy (non-hydrogen) atoms. The first-order chi connectivity index (χ1) is 7.52. The number of H-pyrrole nitrogens is 2. The maximum Gasteiger partial charge on any atom is 0.432 e. The summed E-state index contributed by atoms with van der Waals surface area (Å²) in [5, 5.41) is 8.64. The van der Waals surface area contributed by atoms with E-state index in [1.807, 2.05) is 0 Å². The first-order valence-corrected chi connectivity index (χ1v) is 4.08. The van der Waals surface area contributed by atoms with Crippen molar-refractivity contribution in [3.05, 3.63) is 23.9 Å². The number of nitriles is 1. The third kappa shape index (κ3) is 1.63. The predicted octanol–water partition coefficient (Wildman–Crippen LogP) is 1.69. The first kappa shape index (κ1) is 10.2. The van der Waals surface area contributed by atoms with Crippen LogP contribution in [0, 0.1) is 11.3 Å². The van der Waals surface area contributed by atoms with Gasteiger partial charge in [0.1, 0.15) is 17.5 Å². The van der Waals surface area contributed by atoms with E-state index in [1.165, 1.54) is 6.33 Å². The average molecular weight is 227 g/mol. The van der Waals surface area contributed by atoms with Crippen LogP contribution in [-0.2, 0) is 6.18 Å². The van der Waals surface area contributed by atoms with Crippen LogP contribution in [0.2, 0.25) is 0 Å². The standard InChI is InChI=1S/C8H4F3N5/c9-8(10,11)5-2-13-7(16-5)6-4(1-12)14-3-15-6/h2-3H,(H,13,16)(H,14,15). The second-order valence-corrected chi connectivity index (χ2v) is 2.88. The van der Waals surface area contributed by atoms with E-state index < -0.39 is 11.9 Å². The van der Waals surface area contributed by atoms with E-state index >= 15 is 0 Å². The number of nitrogens with one attached hydrogen (secondary N) is 2. The van der Waals surface area contributed by atoms with Gasteiger partial charge in [-0.15, -0.1) is 0 Å². The van der Waals surface area contributed by atoms with Crippen molar-refractivity contribution in [2.24, 2.45) is 0 Å². The Bertz CT molecular complexity index is 545. The van der Waals surface area contributed by atoms with E-state index in [1.54, 1.807) is 6.07 Å². The summed E-state index contributed by atoms with van der Waals surface area (Å²) < 4.78 is 36.8. The zero-order valence-corrected chi connectivity index (χ0v) is 7.63. The molecule has 2 N–H and O–H groups in total. The van der Waals surface area contributed by atoms with E-state index in [0.717, 1.165) is 0 Å². The molecule has 0 bridgehead atoms. The summed E-state index contributed by atoms with van der Waals surface area (Å²) in [5.41, 5.74) is -0.845.